The topological polar surface area (TPSA) is 46.5 Å². The molecule has 0 atom stereocenters. The lowest BCUT2D eigenvalue weighted by molar-refractivity contribution is -0.137. The van der Waals surface area contributed by atoms with Gasteiger partial charge in [0.05, 0.1) is 10.9 Å². The van der Waals surface area contributed by atoms with Crippen LogP contribution in [0.4, 0.5) is 0 Å². The zero-order chi connectivity index (χ0) is 16.4. The molecule has 3 nitrogen and oxygen atoms in total. The van der Waals surface area contributed by atoms with Crippen molar-refractivity contribution in [3.05, 3.63) is 63.6 Å². The van der Waals surface area contributed by atoms with E-state index >= 15 is 0 Å². The molecular weight excluding hydrogens is 356 g/mol. The van der Waals surface area contributed by atoms with Gasteiger partial charge in [0, 0.05) is 5.41 Å². The minimum atomic E-state index is -0.735. The molecule has 0 amide bonds. The number of carbonyl (C=O) groups is 1. The Morgan fingerprint density at radius 2 is 1.96 bits per heavy atom. The fourth-order valence-corrected chi connectivity index (χ4v) is 3.63. The predicted octanol–water partition coefficient (Wildman–Crippen LogP) is 4.84. The summed E-state index contributed by atoms with van der Waals surface area (Å²) < 4.78 is 6.85. The maximum Gasteiger partial charge on any atom is 0.304 e. The van der Waals surface area contributed by atoms with Crippen molar-refractivity contribution in [2.45, 2.75) is 38.2 Å². The Kier molecular flexibility index (Phi) is 4.44. The largest absolute Gasteiger partial charge is 0.487 e. The SMILES string of the molecule is Cc1cc(C2(CC(=O)O)CC2)cc(Br)c1OCc1ccccc1. The molecule has 1 saturated carbocycles. The van der Waals surface area contributed by atoms with Crippen LogP contribution in [0.15, 0.2) is 46.9 Å². The summed E-state index contributed by atoms with van der Waals surface area (Å²) in [6.07, 6.45) is 2.08. The number of aryl methyl sites for hydroxylation is 1. The average Bonchev–Trinajstić information content (AvgIpc) is 3.27. The molecule has 1 aliphatic rings. The van der Waals surface area contributed by atoms with E-state index in [9.17, 15) is 4.79 Å². The van der Waals surface area contributed by atoms with E-state index in [1.165, 1.54) is 0 Å². The third-order valence-electron chi connectivity index (χ3n) is 4.41. The van der Waals surface area contributed by atoms with Gasteiger partial charge in [0.1, 0.15) is 12.4 Å². The van der Waals surface area contributed by atoms with Gasteiger partial charge >= 0.3 is 5.97 Å². The summed E-state index contributed by atoms with van der Waals surface area (Å²) in [7, 11) is 0. The smallest absolute Gasteiger partial charge is 0.304 e. The van der Waals surface area contributed by atoms with E-state index < -0.39 is 5.97 Å². The second kappa shape index (κ2) is 6.36. The lowest BCUT2D eigenvalue weighted by atomic mass is 9.91. The Balaban J connectivity index is 1.80. The Bertz CT molecular complexity index is 698. The Morgan fingerprint density at radius 3 is 2.52 bits per heavy atom. The van der Waals surface area contributed by atoms with Crippen molar-refractivity contribution in [3.8, 4) is 5.75 Å². The highest BCUT2D eigenvalue weighted by molar-refractivity contribution is 9.10. The first-order valence-corrected chi connectivity index (χ1v) is 8.49. The van der Waals surface area contributed by atoms with Crippen molar-refractivity contribution in [2.75, 3.05) is 0 Å². The minimum absolute atomic E-state index is 0.183. The average molecular weight is 375 g/mol. The summed E-state index contributed by atoms with van der Waals surface area (Å²) in [4.78, 5) is 11.1. The molecule has 1 N–H and O–H groups in total. The van der Waals surface area contributed by atoms with E-state index in [0.29, 0.717) is 6.61 Å². The number of carboxylic acids is 1. The molecule has 0 spiro atoms. The van der Waals surface area contributed by atoms with Crippen LogP contribution in [0.3, 0.4) is 0 Å². The van der Waals surface area contributed by atoms with Gasteiger partial charge in [0.25, 0.3) is 0 Å². The van der Waals surface area contributed by atoms with E-state index in [2.05, 4.69) is 22.0 Å². The summed E-state index contributed by atoms with van der Waals surface area (Å²) >= 11 is 3.59. The molecule has 4 heteroatoms. The molecule has 0 heterocycles. The van der Waals surface area contributed by atoms with Gasteiger partial charge in [-0.3, -0.25) is 4.79 Å². The summed E-state index contributed by atoms with van der Waals surface area (Å²) in [6, 6.07) is 14.1. The van der Waals surface area contributed by atoms with Gasteiger partial charge < -0.3 is 9.84 Å². The molecule has 0 saturated heterocycles. The Labute approximate surface area is 144 Å². The number of halogens is 1. The highest BCUT2D eigenvalue weighted by Gasteiger charge is 2.46. The van der Waals surface area contributed by atoms with Gasteiger partial charge in [-0.1, -0.05) is 36.4 Å². The first-order chi connectivity index (χ1) is 11.0. The second-order valence-corrected chi connectivity index (χ2v) is 7.08. The number of rotatable bonds is 6. The van der Waals surface area contributed by atoms with Gasteiger partial charge in [-0.15, -0.1) is 0 Å². The maximum absolute atomic E-state index is 11.1. The van der Waals surface area contributed by atoms with Crippen LogP contribution in [-0.4, -0.2) is 11.1 Å². The van der Waals surface area contributed by atoms with Crippen molar-refractivity contribution < 1.29 is 14.6 Å². The van der Waals surface area contributed by atoms with Crippen LogP contribution in [0, 0.1) is 6.92 Å². The molecule has 0 unspecified atom stereocenters. The second-order valence-electron chi connectivity index (χ2n) is 6.23. The third-order valence-corrected chi connectivity index (χ3v) is 5.00. The lowest BCUT2D eigenvalue weighted by Crippen LogP contribution is -2.13. The molecule has 23 heavy (non-hydrogen) atoms. The highest BCUT2D eigenvalue weighted by atomic mass is 79.9. The number of hydrogen-bond acceptors (Lipinski definition) is 2. The molecule has 1 fully saturated rings. The van der Waals surface area contributed by atoms with Crippen LogP contribution >= 0.6 is 15.9 Å². The summed E-state index contributed by atoms with van der Waals surface area (Å²) in [6.45, 7) is 2.52. The fourth-order valence-electron chi connectivity index (χ4n) is 2.96. The minimum Gasteiger partial charge on any atom is -0.487 e. The first-order valence-electron chi connectivity index (χ1n) is 7.69. The molecule has 0 bridgehead atoms. The van der Waals surface area contributed by atoms with Gasteiger partial charge in [-0.2, -0.15) is 0 Å². The predicted molar refractivity (Wildman–Crippen MR) is 92.8 cm³/mol. The third kappa shape index (κ3) is 3.58. The molecule has 2 aromatic rings. The van der Waals surface area contributed by atoms with Crippen molar-refractivity contribution >= 4 is 21.9 Å². The van der Waals surface area contributed by atoms with E-state index in [1.54, 1.807) is 0 Å². The molecule has 3 rings (SSSR count). The summed E-state index contributed by atoms with van der Waals surface area (Å²) in [5.74, 6) is 0.0874. The monoisotopic (exact) mass is 374 g/mol. The standard InChI is InChI=1S/C19H19BrO3/c1-13-9-15(19(7-8-19)11-17(21)22)10-16(20)18(13)23-12-14-5-3-2-4-6-14/h2-6,9-10H,7-8,11-12H2,1H3,(H,21,22). The van der Waals surface area contributed by atoms with Gasteiger partial charge in [0.2, 0.25) is 0 Å². The van der Waals surface area contributed by atoms with E-state index in [-0.39, 0.29) is 11.8 Å². The molecule has 0 radical (unpaired) electrons. The van der Waals surface area contributed by atoms with E-state index in [1.807, 2.05) is 43.3 Å². The van der Waals surface area contributed by atoms with Crippen LogP contribution in [0.5, 0.6) is 5.75 Å². The summed E-state index contributed by atoms with van der Waals surface area (Å²) in [5.41, 5.74) is 3.06. The van der Waals surface area contributed by atoms with Crippen molar-refractivity contribution in [1.82, 2.24) is 0 Å². The van der Waals surface area contributed by atoms with Gasteiger partial charge in [-0.05, 0) is 58.5 Å². The number of aliphatic carboxylic acids is 1. The Morgan fingerprint density at radius 1 is 1.26 bits per heavy atom. The zero-order valence-corrected chi connectivity index (χ0v) is 14.6. The van der Waals surface area contributed by atoms with E-state index in [4.69, 9.17) is 9.84 Å². The van der Waals surface area contributed by atoms with Crippen LogP contribution < -0.4 is 4.74 Å². The van der Waals surface area contributed by atoms with Gasteiger partial charge in [-0.25, -0.2) is 0 Å². The van der Waals surface area contributed by atoms with Crippen LogP contribution in [0.25, 0.3) is 0 Å². The van der Waals surface area contributed by atoms with Gasteiger partial charge in [0.15, 0.2) is 0 Å². The Hall–Kier alpha value is -1.81. The normalized spacial score (nSPS) is 15.2. The number of hydrogen-bond donors (Lipinski definition) is 1. The molecule has 0 aliphatic heterocycles. The quantitative estimate of drug-likeness (QED) is 0.786. The molecule has 1 aliphatic carbocycles. The molecule has 120 valence electrons. The maximum atomic E-state index is 11.1. The van der Waals surface area contributed by atoms with Crippen LogP contribution in [0.1, 0.15) is 36.0 Å². The number of benzene rings is 2. The summed E-state index contributed by atoms with van der Waals surface area (Å²) in [5, 5.41) is 9.12. The van der Waals surface area contributed by atoms with Crippen molar-refractivity contribution in [1.29, 1.82) is 0 Å². The van der Waals surface area contributed by atoms with E-state index in [0.717, 1.165) is 39.8 Å². The molecule has 2 aromatic carbocycles. The van der Waals surface area contributed by atoms with Crippen LogP contribution in [-0.2, 0) is 16.8 Å². The van der Waals surface area contributed by atoms with Crippen molar-refractivity contribution in [3.63, 3.8) is 0 Å². The fraction of sp³-hybridized carbons (Fsp3) is 0.316. The van der Waals surface area contributed by atoms with Crippen molar-refractivity contribution in [2.24, 2.45) is 0 Å². The number of carboxylic acid groups (broad SMARTS) is 1. The highest BCUT2D eigenvalue weighted by Crippen LogP contribution is 2.52. The lowest BCUT2D eigenvalue weighted by Gasteiger charge is -2.18. The number of ether oxygens (including phenoxy) is 1. The first kappa shape index (κ1) is 16.1. The zero-order valence-electron chi connectivity index (χ0n) is 13.0. The molecular formula is C19H19BrO3. The molecule has 0 aromatic heterocycles. The van der Waals surface area contributed by atoms with Crippen LogP contribution in [0.2, 0.25) is 0 Å².